The maximum Gasteiger partial charge on any atom is 3.00 e. The number of hydrogen-bond donors (Lipinski definition) is 0. The van der Waals surface area contributed by atoms with Crippen molar-refractivity contribution in [3.05, 3.63) is 497 Å². The molecule has 0 unspecified atom stereocenters. The fourth-order valence-corrected chi connectivity index (χ4v) is 19.4. The number of para-hydroxylation sites is 4. The molecule has 10 heteroatoms. The van der Waals surface area contributed by atoms with Crippen LogP contribution in [-0.2, 0) is 59.3 Å². The molecule has 0 atom stereocenters. The zero-order valence-corrected chi connectivity index (χ0v) is 72.5. The van der Waals surface area contributed by atoms with E-state index in [1.807, 2.05) is 267 Å². The molecule has 120 heavy (non-hydrogen) atoms. The molecule has 0 radical (unpaired) electrons. The number of anilines is 6. The van der Waals surface area contributed by atoms with Gasteiger partial charge in [-0.25, -0.2) is 0 Å². The van der Waals surface area contributed by atoms with Crippen LogP contribution in [0.25, 0.3) is 67.3 Å². The molecule has 2 aromatic heterocycles. The number of rotatable bonds is 18. The van der Waals surface area contributed by atoms with Crippen LogP contribution in [0.2, 0.25) is 0 Å². The maximum absolute atomic E-state index is 14.8. The number of aromatic nitrogens is 2. The molecule has 0 amide bonds. The Morgan fingerprint density at radius 2 is 0.483 bits per heavy atom. The second-order valence-corrected chi connectivity index (χ2v) is 34.5. The van der Waals surface area contributed by atoms with E-state index in [0.717, 1.165) is 133 Å². The molecule has 6 nitrogen and oxygen atoms in total. The van der Waals surface area contributed by atoms with Crippen molar-refractivity contribution in [1.29, 1.82) is 0 Å². The first kappa shape index (κ1) is 85.2. The van der Waals surface area contributed by atoms with E-state index in [2.05, 4.69) is 255 Å². The fraction of sp³-hybridized carbons (Fsp3) is 0.0364. The molecule has 0 spiro atoms. The van der Waals surface area contributed by atoms with Crippen LogP contribution in [0, 0.1) is 36.4 Å². The summed E-state index contributed by atoms with van der Waals surface area (Å²) < 4.78 is 29.5. The quantitative estimate of drug-likeness (QED) is 0.0484. The standard InChI is InChI=1S/C39H32NOP.C35H24NOP.2C18H14N.2Au/c1-39(2,3)33-23-19-31(20-24-33)38-28-32(27-37(40-38)30-13-7-4-8-14-30)29-21-25-36(26-22-29)42(41,34-15-9-5-10-16-34)35-17-11-6-12-18-35;37-38(31-17-9-3-10-18-31,32-19-11-4-12-20-32)33-23-21-27(22-24-33)30-25-34(28-13-5-1-6-14-28)36-35(26-30)29-15-7-2-8-16-29;2*1-4-10-16(11-5-1)19(17-12-6-2-7-13-17)18-14-8-3-9-15-18;;/h4-13,15-19,21-28H,1-3H3;1-13,15,17-26H;2*1-2,4-15H;;/q2*-2;2*-1;2*+3. The second-order valence-electron chi connectivity index (χ2n) is 29.0. The van der Waals surface area contributed by atoms with Crippen molar-refractivity contribution < 1.29 is 53.9 Å². The number of nitrogens with zero attached hydrogens (tertiary/aromatic N) is 4. The SMILES string of the molecule is CC(C)(C)c1c[c-]c(-c2cc(-c3ccc(P(=O)(c4ccccc4)c4ccccc4)cc3)cc(-c3[c-]cccc3)n2)cc1.O=P(c1ccccc1)(c1ccccc1)c1ccc(-c2cc(-c3[c-]cccc3)nc(-c3[c-]cccc3)c2)cc1.[Au+3].[Au+3].[c-]1ccc(N(c2ccccc2)c2ccccc2)cc1.[c-]1ccc(N(c2ccccc2)c2ccccc2)cc1. The van der Waals surface area contributed by atoms with E-state index in [9.17, 15) is 9.13 Å². The van der Waals surface area contributed by atoms with Gasteiger partial charge in [-0.3, -0.25) is 0 Å². The van der Waals surface area contributed by atoms with Gasteiger partial charge in [0.05, 0.1) is 0 Å². The van der Waals surface area contributed by atoms with Gasteiger partial charge in [0.25, 0.3) is 0 Å². The molecule has 2 heterocycles. The molecule has 0 bridgehead atoms. The minimum Gasteiger partial charge on any atom is -0.345 e. The molecule has 0 saturated carbocycles. The topological polar surface area (TPSA) is 66.4 Å². The minimum absolute atomic E-state index is 0. The van der Waals surface area contributed by atoms with E-state index in [1.165, 1.54) is 5.56 Å². The third-order valence-corrected chi connectivity index (χ3v) is 26.3. The Labute approximate surface area is 738 Å². The Balaban J connectivity index is 0.000000145. The van der Waals surface area contributed by atoms with Crippen molar-refractivity contribution in [1.82, 2.24) is 9.97 Å². The molecule has 0 aliphatic heterocycles. The first-order valence-electron chi connectivity index (χ1n) is 39.3. The van der Waals surface area contributed by atoms with Crippen molar-refractivity contribution in [2.45, 2.75) is 26.2 Å². The monoisotopic (exact) mass is 1950 g/mol. The molecule has 16 aromatic carbocycles. The first-order chi connectivity index (χ1) is 57.9. The van der Waals surface area contributed by atoms with E-state index in [4.69, 9.17) is 9.97 Å². The maximum atomic E-state index is 14.8. The Morgan fingerprint density at radius 1 is 0.242 bits per heavy atom. The zero-order chi connectivity index (χ0) is 80.8. The Kier molecular flexibility index (Phi) is 29.2. The van der Waals surface area contributed by atoms with Crippen LogP contribution >= 0.6 is 14.3 Å². The predicted octanol–water partition coefficient (Wildman–Crippen LogP) is 25.9. The molecule has 0 aliphatic rings. The number of benzene rings is 16. The average molecular weight is 1950 g/mol. The van der Waals surface area contributed by atoms with Crippen molar-refractivity contribution in [2.24, 2.45) is 0 Å². The average Bonchev–Trinajstić information content (AvgIpc) is 0.763. The molecule has 18 rings (SSSR count). The van der Waals surface area contributed by atoms with Gasteiger partial charge in [0.15, 0.2) is 14.3 Å². The van der Waals surface area contributed by atoms with Gasteiger partial charge in [0.1, 0.15) is 0 Å². The summed E-state index contributed by atoms with van der Waals surface area (Å²) in [6.07, 6.45) is 0. The van der Waals surface area contributed by atoms with Crippen LogP contribution in [0.3, 0.4) is 0 Å². The van der Waals surface area contributed by atoms with Crippen LogP contribution < -0.4 is 41.6 Å². The van der Waals surface area contributed by atoms with E-state index < -0.39 is 14.3 Å². The third kappa shape index (κ3) is 20.7. The van der Waals surface area contributed by atoms with Gasteiger partial charge < -0.3 is 28.9 Å². The van der Waals surface area contributed by atoms with Crippen LogP contribution in [0.4, 0.5) is 34.1 Å². The van der Waals surface area contributed by atoms with E-state index in [1.54, 1.807) is 0 Å². The van der Waals surface area contributed by atoms with Crippen LogP contribution in [0.15, 0.2) is 455 Å². The summed E-state index contributed by atoms with van der Waals surface area (Å²) in [6.45, 7) is 6.61. The van der Waals surface area contributed by atoms with E-state index >= 15 is 0 Å². The summed E-state index contributed by atoms with van der Waals surface area (Å²) in [5.41, 5.74) is 19.4. The molecule has 18 aromatic rings. The van der Waals surface area contributed by atoms with Crippen molar-refractivity contribution >= 4 is 80.2 Å². The third-order valence-electron chi connectivity index (χ3n) is 20.1. The smallest absolute Gasteiger partial charge is 0.345 e. The largest absolute Gasteiger partial charge is 3.00 e. The van der Waals surface area contributed by atoms with Gasteiger partial charge in [-0.15, -0.1) is 167 Å². The number of hydrogen-bond acceptors (Lipinski definition) is 6. The summed E-state index contributed by atoms with van der Waals surface area (Å²) in [7, 11) is -6.07. The number of pyridine rings is 2. The van der Waals surface area contributed by atoms with Gasteiger partial charge in [-0.2, -0.15) is 36.4 Å². The fourth-order valence-electron chi connectivity index (χ4n) is 14.1. The van der Waals surface area contributed by atoms with Gasteiger partial charge in [0.2, 0.25) is 0 Å². The summed E-state index contributed by atoms with van der Waals surface area (Å²) in [5, 5.41) is 4.91. The van der Waals surface area contributed by atoms with Crippen molar-refractivity contribution in [3.63, 3.8) is 0 Å². The summed E-state index contributed by atoms with van der Waals surface area (Å²) in [6, 6.07) is 171. The summed E-state index contributed by atoms with van der Waals surface area (Å²) in [4.78, 5) is 14.4. The molecule has 0 aliphatic carbocycles. The Bertz CT molecular complexity index is 5810. The van der Waals surface area contributed by atoms with Gasteiger partial charge in [-0.05, 0) is 99.0 Å². The zero-order valence-electron chi connectivity index (χ0n) is 66.4. The van der Waals surface area contributed by atoms with E-state index in [0.29, 0.717) is 0 Å². The molecule has 0 fully saturated rings. The van der Waals surface area contributed by atoms with Gasteiger partial charge in [-0.1, -0.05) is 299 Å². The summed E-state index contributed by atoms with van der Waals surface area (Å²) >= 11 is 0. The molecular weight excluding hydrogens is 1870 g/mol. The van der Waals surface area contributed by atoms with Crippen LogP contribution in [0.1, 0.15) is 26.3 Å². The predicted molar refractivity (Wildman–Crippen MR) is 494 cm³/mol. The molecular formula is C110H84Au2N4O2P2. The van der Waals surface area contributed by atoms with E-state index in [-0.39, 0.29) is 50.2 Å². The van der Waals surface area contributed by atoms with Gasteiger partial charge >= 0.3 is 44.8 Å². The molecule has 0 saturated heterocycles. The Morgan fingerprint density at radius 3 is 0.725 bits per heavy atom. The van der Waals surface area contributed by atoms with Gasteiger partial charge in [0, 0.05) is 54.6 Å². The van der Waals surface area contributed by atoms with Crippen molar-refractivity contribution in [2.75, 3.05) is 9.80 Å². The van der Waals surface area contributed by atoms with Crippen molar-refractivity contribution in [3.8, 4) is 67.3 Å². The summed E-state index contributed by atoms with van der Waals surface area (Å²) in [5.74, 6) is 0. The minimum atomic E-state index is -3.04. The van der Waals surface area contributed by atoms with Crippen LogP contribution in [-0.4, -0.2) is 9.97 Å². The first-order valence-corrected chi connectivity index (χ1v) is 42.7. The second kappa shape index (κ2) is 41.2. The molecule has 0 N–H and O–H groups in total. The molecule has 588 valence electrons. The normalized spacial score (nSPS) is 10.9. The van der Waals surface area contributed by atoms with Crippen LogP contribution in [0.5, 0.6) is 0 Å². The Hall–Kier alpha value is -12.6.